The normalized spacial score (nSPS) is 14.9. The molecule has 1 fully saturated rings. The average molecular weight is 408 g/mol. The molecule has 0 unspecified atom stereocenters. The van der Waals surface area contributed by atoms with Crippen molar-refractivity contribution in [2.24, 2.45) is 0 Å². The molecule has 29 heavy (non-hydrogen) atoms. The van der Waals surface area contributed by atoms with Crippen LogP contribution in [-0.2, 0) is 9.59 Å². The number of hydrogen-bond donors (Lipinski definition) is 1. The van der Waals surface area contributed by atoms with Crippen LogP contribution in [0.25, 0.3) is 6.08 Å². The van der Waals surface area contributed by atoms with E-state index in [4.69, 9.17) is 4.74 Å². The fourth-order valence-corrected chi connectivity index (χ4v) is 3.42. The van der Waals surface area contributed by atoms with Crippen molar-refractivity contribution in [2.75, 3.05) is 18.5 Å². The lowest BCUT2D eigenvalue weighted by Gasteiger charge is -2.12. The van der Waals surface area contributed by atoms with E-state index in [1.165, 1.54) is 0 Å². The lowest BCUT2D eigenvalue weighted by Crippen LogP contribution is -2.36. The van der Waals surface area contributed by atoms with Crippen LogP contribution in [0.2, 0.25) is 0 Å². The molecule has 7 heteroatoms. The number of amides is 3. The maximum Gasteiger partial charge on any atom is 0.294 e. The number of anilines is 1. The first-order valence-corrected chi connectivity index (χ1v) is 9.73. The Morgan fingerprint density at radius 1 is 1.14 bits per heavy atom. The number of imide groups is 1. The van der Waals surface area contributed by atoms with Crippen molar-refractivity contribution in [2.45, 2.75) is 6.92 Å². The molecule has 0 radical (unpaired) electrons. The molecule has 0 aromatic heterocycles. The van der Waals surface area contributed by atoms with Gasteiger partial charge in [-0.2, -0.15) is 0 Å². The Morgan fingerprint density at radius 2 is 1.83 bits per heavy atom. The summed E-state index contributed by atoms with van der Waals surface area (Å²) in [7, 11) is 0. The molecule has 2 aromatic carbocycles. The van der Waals surface area contributed by atoms with Crippen molar-refractivity contribution in [3.05, 3.63) is 77.2 Å². The zero-order valence-corrected chi connectivity index (χ0v) is 16.7. The largest absolute Gasteiger partial charge is 0.490 e. The Morgan fingerprint density at radius 3 is 2.48 bits per heavy atom. The highest BCUT2D eigenvalue weighted by Gasteiger charge is 2.36. The van der Waals surface area contributed by atoms with E-state index in [2.05, 4.69) is 11.9 Å². The Labute approximate surface area is 173 Å². The third kappa shape index (κ3) is 5.36. The average Bonchev–Trinajstić information content (AvgIpc) is 2.96. The van der Waals surface area contributed by atoms with Gasteiger partial charge in [-0.3, -0.25) is 19.3 Å². The standard InChI is InChI=1S/C22H20N2O4S/c1-3-12-28-18-10-6-16(7-11-18)13-19-21(26)24(22(27)29-19)14-20(25)23-17-8-4-15(2)5-9-17/h3-11,13H,1,12,14H2,2H3,(H,23,25). The first-order chi connectivity index (χ1) is 14.0. The molecule has 0 atom stereocenters. The highest BCUT2D eigenvalue weighted by atomic mass is 32.2. The number of nitrogens with zero attached hydrogens (tertiary/aromatic N) is 1. The topological polar surface area (TPSA) is 75.7 Å². The van der Waals surface area contributed by atoms with Crippen LogP contribution in [0.1, 0.15) is 11.1 Å². The zero-order valence-electron chi connectivity index (χ0n) is 15.9. The van der Waals surface area contributed by atoms with Gasteiger partial charge in [-0.25, -0.2) is 0 Å². The van der Waals surface area contributed by atoms with Crippen LogP contribution in [0.4, 0.5) is 10.5 Å². The number of carbonyl (C=O) groups is 3. The van der Waals surface area contributed by atoms with E-state index in [1.54, 1.807) is 48.6 Å². The summed E-state index contributed by atoms with van der Waals surface area (Å²) in [6, 6.07) is 14.4. The van der Waals surface area contributed by atoms with Gasteiger partial charge in [0.15, 0.2) is 0 Å². The number of carbonyl (C=O) groups excluding carboxylic acids is 3. The van der Waals surface area contributed by atoms with Crippen LogP contribution in [0.15, 0.2) is 66.1 Å². The van der Waals surface area contributed by atoms with Crippen molar-refractivity contribution in [1.29, 1.82) is 0 Å². The van der Waals surface area contributed by atoms with Crippen LogP contribution in [0, 0.1) is 6.92 Å². The van der Waals surface area contributed by atoms with Gasteiger partial charge < -0.3 is 10.1 Å². The van der Waals surface area contributed by atoms with Gasteiger partial charge in [0.1, 0.15) is 18.9 Å². The van der Waals surface area contributed by atoms with Gasteiger partial charge in [0.2, 0.25) is 5.91 Å². The molecule has 1 saturated heterocycles. The number of thioether (sulfide) groups is 1. The van der Waals surface area contributed by atoms with Crippen molar-refractivity contribution < 1.29 is 19.1 Å². The number of nitrogens with one attached hydrogen (secondary N) is 1. The van der Waals surface area contributed by atoms with Crippen LogP contribution < -0.4 is 10.1 Å². The molecule has 1 heterocycles. The third-order valence-electron chi connectivity index (χ3n) is 4.06. The van der Waals surface area contributed by atoms with Gasteiger partial charge in [-0.1, -0.05) is 42.5 Å². The molecule has 0 saturated carbocycles. The summed E-state index contributed by atoms with van der Waals surface area (Å²) in [5, 5.41) is 2.22. The minimum atomic E-state index is -0.481. The maximum atomic E-state index is 12.6. The predicted octanol–water partition coefficient (Wildman–Crippen LogP) is 4.23. The Bertz CT molecular complexity index is 965. The number of hydrogen-bond acceptors (Lipinski definition) is 5. The summed E-state index contributed by atoms with van der Waals surface area (Å²) in [4.78, 5) is 38.2. The lowest BCUT2D eigenvalue weighted by atomic mass is 10.2. The minimum Gasteiger partial charge on any atom is -0.490 e. The van der Waals surface area contributed by atoms with Gasteiger partial charge in [0, 0.05) is 5.69 Å². The van der Waals surface area contributed by atoms with Gasteiger partial charge >= 0.3 is 0 Å². The van der Waals surface area contributed by atoms with Crippen molar-refractivity contribution in [1.82, 2.24) is 4.90 Å². The number of aryl methyl sites for hydroxylation is 1. The second kappa shape index (κ2) is 9.25. The summed E-state index contributed by atoms with van der Waals surface area (Å²) in [6.45, 7) is 5.61. The monoisotopic (exact) mass is 408 g/mol. The lowest BCUT2D eigenvalue weighted by molar-refractivity contribution is -0.127. The molecule has 6 nitrogen and oxygen atoms in total. The summed E-state index contributed by atoms with van der Waals surface area (Å²) < 4.78 is 5.42. The van der Waals surface area contributed by atoms with Gasteiger partial charge in [0.05, 0.1) is 4.91 Å². The molecule has 3 rings (SSSR count). The summed E-state index contributed by atoms with van der Waals surface area (Å²) in [6.07, 6.45) is 3.28. The molecule has 0 spiro atoms. The summed E-state index contributed by atoms with van der Waals surface area (Å²) >= 11 is 0.819. The summed E-state index contributed by atoms with van der Waals surface area (Å²) in [5.74, 6) is -0.227. The molecule has 1 aliphatic rings. The molecule has 1 aliphatic heterocycles. The molecule has 0 aliphatic carbocycles. The first-order valence-electron chi connectivity index (χ1n) is 8.92. The van der Waals surface area contributed by atoms with E-state index in [9.17, 15) is 14.4 Å². The smallest absolute Gasteiger partial charge is 0.294 e. The van der Waals surface area contributed by atoms with Crippen molar-refractivity contribution >= 4 is 40.6 Å². The van der Waals surface area contributed by atoms with Gasteiger partial charge in [-0.15, -0.1) is 0 Å². The van der Waals surface area contributed by atoms with Crippen molar-refractivity contribution in [3.8, 4) is 5.75 Å². The van der Waals surface area contributed by atoms with E-state index in [-0.39, 0.29) is 11.4 Å². The van der Waals surface area contributed by atoms with E-state index >= 15 is 0 Å². The molecule has 3 amide bonds. The third-order valence-corrected chi connectivity index (χ3v) is 4.96. The first kappa shape index (κ1) is 20.4. The Hall–Kier alpha value is -3.32. The molecular formula is C22H20N2O4S. The van der Waals surface area contributed by atoms with E-state index in [0.717, 1.165) is 27.8 Å². The van der Waals surface area contributed by atoms with Crippen molar-refractivity contribution in [3.63, 3.8) is 0 Å². The predicted molar refractivity (Wildman–Crippen MR) is 115 cm³/mol. The van der Waals surface area contributed by atoms with Crippen LogP contribution in [-0.4, -0.2) is 35.1 Å². The fraction of sp³-hybridized carbons (Fsp3) is 0.136. The second-order valence-corrected chi connectivity index (χ2v) is 7.34. The highest BCUT2D eigenvalue weighted by molar-refractivity contribution is 8.18. The van der Waals surface area contributed by atoms with Crippen LogP contribution >= 0.6 is 11.8 Å². The van der Waals surface area contributed by atoms with Crippen LogP contribution in [0.5, 0.6) is 5.75 Å². The molecule has 148 valence electrons. The zero-order chi connectivity index (χ0) is 20.8. The SMILES string of the molecule is C=CCOc1ccc(C=C2SC(=O)N(CC(=O)Nc3ccc(C)cc3)C2=O)cc1. The van der Waals surface area contributed by atoms with E-state index in [1.807, 2.05) is 19.1 Å². The second-order valence-electron chi connectivity index (χ2n) is 6.35. The molecular weight excluding hydrogens is 388 g/mol. The van der Waals surface area contributed by atoms with E-state index < -0.39 is 17.1 Å². The Kier molecular flexibility index (Phi) is 6.51. The quantitative estimate of drug-likeness (QED) is 0.548. The molecule has 1 N–H and O–H groups in total. The number of ether oxygens (including phenoxy) is 1. The van der Waals surface area contributed by atoms with E-state index in [0.29, 0.717) is 18.0 Å². The molecule has 0 bridgehead atoms. The number of rotatable bonds is 7. The maximum absolute atomic E-state index is 12.6. The van der Waals surface area contributed by atoms with Gasteiger partial charge in [-0.05, 0) is 54.6 Å². The van der Waals surface area contributed by atoms with Crippen LogP contribution in [0.3, 0.4) is 0 Å². The minimum absolute atomic E-state index is 0.276. The van der Waals surface area contributed by atoms with Gasteiger partial charge in [0.25, 0.3) is 11.1 Å². The summed E-state index contributed by atoms with van der Waals surface area (Å²) in [5.41, 5.74) is 2.44. The number of benzene rings is 2. The fourth-order valence-electron chi connectivity index (χ4n) is 2.58. The highest BCUT2D eigenvalue weighted by Crippen LogP contribution is 2.32. The Balaban J connectivity index is 1.64. The molecule has 2 aromatic rings.